The first-order valence-electron chi connectivity index (χ1n) is 5.97. The van der Waals surface area contributed by atoms with E-state index in [0.717, 1.165) is 19.4 Å². The van der Waals surface area contributed by atoms with Crippen molar-refractivity contribution in [2.75, 3.05) is 11.9 Å². The van der Waals surface area contributed by atoms with Crippen molar-refractivity contribution >= 4 is 11.9 Å². The van der Waals surface area contributed by atoms with E-state index >= 15 is 0 Å². The summed E-state index contributed by atoms with van der Waals surface area (Å²) in [5, 5.41) is 13.4. The Hall–Kier alpha value is -2.35. The van der Waals surface area contributed by atoms with Crippen LogP contribution in [-0.2, 0) is 0 Å². The zero-order chi connectivity index (χ0) is 13.1. The van der Waals surface area contributed by atoms with E-state index in [1.54, 1.807) is 0 Å². The summed E-state index contributed by atoms with van der Waals surface area (Å²) in [4.78, 5) is 19.5. The third-order valence-corrected chi connectivity index (χ3v) is 2.82. The van der Waals surface area contributed by atoms with Crippen LogP contribution in [0.2, 0.25) is 0 Å². The SMILES string of the molecule is O=C(Nc1nnc(C2CCCN2)o1)c1cnccn1. The molecule has 1 fully saturated rings. The Kier molecular flexibility index (Phi) is 3.15. The summed E-state index contributed by atoms with van der Waals surface area (Å²) in [5.74, 6) is 0.0645. The second kappa shape index (κ2) is 5.11. The first-order valence-corrected chi connectivity index (χ1v) is 5.97. The molecular formula is C11H12N6O2. The van der Waals surface area contributed by atoms with Crippen molar-refractivity contribution in [2.24, 2.45) is 0 Å². The molecule has 1 amide bonds. The Morgan fingerprint density at radius 1 is 1.42 bits per heavy atom. The van der Waals surface area contributed by atoms with Gasteiger partial charge in [-0.2, -0.15) is 0 Å². The maximum Gasteiger partial charge on any atom is 0.322 e. The summed E-state index contributed by atoms with van der Waals surface area (Å²) >= 11 is 0. The smallest absolute Gasteiger partial charge is 0.322 e. The lowest BCUT2D eigenvalue weighted by Crippen LogP contribution is -2.14. The van der Waals surface area contributed by atoms with E-state index in [9.17, 15) is 4.79 Å². The summed E-state index contributed by atoms with van der Waals surface area (Å²) in [6.45, 7) is 0.939. The van der Waals surface area contributed by atoms with Crippen LogP contribution in [0, 0.1) is 0 Å². The summed E-state index contributed by atoms with van der Waals surface area (Å²) in [6.07, 6.45) is 6.34. The maximum absolute atomic E-state index is 11.8. The Morgan fingerprint density at radius 2 is 2.37 bits per heavy atom. The molecule has 2 aromatic rings. The van der Waals surface area contributed by atoms with Crippen LogP contribution in [0.5, 0.6) is 0 Å². The summed E-state index contributed by atoms with van der Waals surface area (Å²) in [7, 11) is 0. The van der Waals surface area contributed by atoms with Gasteiger partial charge in [-0.05, 0) is 19.4 Å². The molecule has 2 N–H and O–H groups in total. The predicted molar refractivity (Wildman–Crippen MR) is 64.3 cm³/mol. The number of nitrogens with zero attached hydrogens (tertiary/aromatic N) is 4. The highest BCUT2D eigenvalue weighted by Gasteiger charge is 2.22. The van der Waals surface area contributed by atoms with Crippen molar-refractivity contribution in [3.8, 4) is 0 Å². The molecule has 3 heterocycles. The molecule has 0 radical (unpaired) electrons. The second-order valence-electron chi connectivity index (χ2n) is 4.14. The molecule has 8 heteroatoms. The summed E-state index contributed by atoms with van der Waals surface area (Å²) in [5.41, 5.74) is 0.196. The number of carbonyl (C=O) groups excluding carboxylic acids is 1. The fraction of sp³-hybridized carbons (Fsp3) is 0.364. The molecule has 1 atom stereocenters. The van der Waals surface area contributed by atoms with Crippen molar-refractivity contribution < 1.29 is 9.21 Å². The first-order chi connectivity index (χ1) is 9.33. The number of carbonyl (C=O) groups is 1. The number of amides is 1. The molecule has 0 spiro atoms. The lowest BCUT2D eigenvalue weighted by atomic mass is 10.2. The molecule has 19 heavy (non-hydrogen) atoms. The minimum absolute atomic E-state index is 0.0688. The predicted octanol–water partition coefficient (Wildman–Crippen LogP) is 0.536. The largest absolute Gasteiger partial charge is 0.406 e. The minimum Gasteiger partial charge on any atom is -0.406 e. The average molecular weight is 260 g/mol. The Balaban J connectivity index is 1.68. The molecule has 3 rings (SSSR count). The average Bonchev–Trinajstić information content (AvgIpc) is 3.10. The lowest BCUT2D eigenvalue weighted by molar-refractivity contribution is 0.101. The molecule has 0 bridgehead atoms. The van der Waals surface area contributed by atoms with Gasteiger partial charge in [-0.25, -0.2) is 4.98 Å². The number of aromatic nitrogens is 4. The van der Waals surface area contributed by atoms with E-state index in [-0.39, 0.29) is 17.8 Å². The molecule has 1 unspecified atom stereocenters. The molecule has 98 valence electrons. The van der Waals surface area contributed by atoms with Crippen molar-refractivity contribution in [1.82, 2.24) is 25.5 Å². The van der Waals surface area contributed by atoms with Crippen LogP contribution >= 0.6 is 0 Å². The van der Waals surface area contributed by atoms with Gasteiger partial charge in [0, 0.05) is 12.4 Å². The number of nitrogens with one attached hydrogen (secondary N) is 2. The molecule has 2 aromatic heterocycles. The van der Waals surface area contributed by atoms with E-state index in [1.807, 2.05) is 0 Å². The summed E-state index contributed by atoms with van der Waals surface area (Å²) < 4.78 is 5.39. The van der Waals surface area contributed by atoms with Gasteiger partial charge in [0.2, 0.25) is 5.89 Å². The van der Waals surface area contributed by atoms with Gasteiger partial charge in [-0.1, -0.05) is 5.10 Å². The zero-order valence-corrected chi connectivity index (χ0v) is 10.0. The molecule has 8 nitrogen and oxygen atoms in total. The van der Waals surface area contributed by atoms with Gasteiger partial charge in [-0.3, -0.25) is 15.1 Å². The second-order valence-corrected chi connectivity index (χ2v) is 4.14. The van der Waals surface area contributed by atoms with Gasteiger partial charge in [0.1, 0.15) is 5.69 Å². The van der Waals surface area contributed by atoms with Gasteiger partial charge in [0.15, 0.2) is 0 Å². The molecular weight excluding hydrogens is 248 g/mol. The van der Waals surface area contributed by atoms with E-state index in [0.29, 0.717) is 5.89 Å². The first kappa shape index (κ1) is 11.7. The van der Waals surface area contributed by atoms with Gasteiger partial charge < -0.3 is 9.73 Å². The number of hydrogen-bond donors (Lipinski definition) is 2. The number of rotatable bonds is 3. The lowest BCUT2D eigenvalue weighted by Gasteiger charge is -2.02. The molecule has 0 saturated carbocycles. The minimum atomic E-state index is -0.428. The maximum atomic E-state index is 11.8. The van der Waals surface area contributed by atoms with Crippen LogP contribution in [0.1, 0.15) is 35.3 Å². The van der Waals surface area contributed by atoms with Crippen LogP contribution in [-0.4, -0.2) is 32.6 Å². The van der Waals surface area contributed by atoms with Crippen molar-refractivity contribution in [1.29, 1.82) is 0 Å². The Bertz CT molecular complexity index is 564. The molecule has 1 aliphatic rings. The highest BCUT2D eigenvalue weighted by Crippen LogP contribution is 2.22. The Morgan fingerprint density at radius 3 is 3.11 bits per heavy atom. The van der Waals surface area contributed by atoms with Crippen LogP contribution in [0.4, 0.5) is 6.01 Å². The zero-order valence-electron chi connectivity index (χ0n) is 10.0. The highest BCUT2D eigenvalue weighted by atomic mass is 16.4. The topological polar surface area (TPSA) is 106 Å². The number of hydrogen-bond acceptors (Lipinski definition) is 7. The molecule has 0 aromatic carbocycles. The third-order valence-electron chi connectivity index (χ3n) is 2.82. The third kappa shape index (κ3) is 2.58. The highest BCUT2D eigenvalue weighted by molar-refractivity contribution is 6.01. The molecule has 1 aliphatic heterocycles. The van der Waals surface area contributed by atoms with E-state index in [2.05, 4.69) is 30.8 Å². The van der Waals surface area contributed by atoms with E-state index in [4.69, 9.17) is 4.42 Å². The quantitative estimate of drug-likeness (QED) is 0.829. The van der Waals surface area contributed by atoms with Gasteiger partial charge in [-0.15, -0.1) is 5.10 Å². The van der Waals surface area contributed by atoms with E-state index in [1.165, 1.54) is 18.6 Å². The van der Waals surface area contributed by atoms with Crippen LogP contribution in [0.15, 0.2) is 23.0 Å². The Labute approximate surface area is 108 Å². The fourth-order valence-electron chi connectivity index (χ4n) is 1.90. The standard InChI is InChI=1S/C11H12N6O2/c18-9(8-6-12-4-5-14-8)15-11-17-16-10(19-11)7-2-1-3-13-7/h4-7,13H,1-3H2,(H,15,17,18). The number of anilines is 1. The van der Waals surface area contributed by atoms with Crippen molar-refractivity contribution in [2.45, 2.75) is 18.9 Å². The van der Waals surface area contributed by atoms with Crippen LogP contribution in [0.25, 0.3) is 0 Å². The van der Waals surface area contributed by atoms with E-state index < -0.39 is 5.91 Å². The molecule has 1 saturated heterocycles. The van der Waals surface area contributed by atoms with Crippen LogP contribution in [0.3, 0.4) is 0 Å². The van der Waals surface area contributed by atoms with Gasteiger partial charge in [0.05, 0.1) is 12.2 Å². The van der Waals surface area contributed by atoms with Gasteiger partial charge in [0.25, 0.3) is 5.91 Å². The van der Waals surface area contributed by atoms with Crippen molar-refractivity contribution in [3.05, 3.63) is 30.2 Å². The fourth-order valence-corrected chi connectivity index (χ4v) is 1.90. The normalized spacial score (nSPS) is 18.4. The summed E-state index contributed by atoms with van der Waals surface area (Å²) in [6, 6.07) is 0.147. The monoisotopic (exact) mass is 260 g/mol. The van der Waals surface area contributed by atoms with Crippen molar-refractivity contribution in [3.63, 3.8) is 0 Å². The molecule has 0 aliphatic carbocycles. The van der Waals surface area contributed by atoms with Gasteiger partial charge >= 0.3 is 6.01 Å². The van der Waals surface area contributed by atoms with Crippen LogP contribution < -0.4 is 10.6 Å².